The molecule has 3 aromatic rings. The summed E-state index contributed by atoms with van der Waals surface area (Å²) in [7, 11) is 0. The molecule has 0 radical (unpaired) electrons. The van der Waals surface area contributed by atoms with Crippen LogP contribution in [-0.4, -0.2) is 46.9 Å². The molecular weight excluding hydrogens is 448 g/mol. The summed E-state index contributed by atoms with van der Waals surface area (Å²) in [5.74, 6) is -0.196. The van der Waals surface area contributed by atoms with Crippen molar-refractivity contribution < 1.29 is 9.72 Å². The van der Waals surface area contributed by atoms with Gasteiger partial charge in [0.2, 0.25) is 0 Å². The SMILES string of the molecule is CCN(CC)CCN(C(=O)/C=C/c1ccc([N+](=O)[O-])cc1)c1nc2c(C)cc(Cl)cc2s1. The maximum Gasteiger partial charge on any atom is 0.269 e. The van der Waals surface area contributed by atoms with Gasteiger partial charge in [0.1, 0.15) is 0 Å². The Morgan fingerprint density at radius 1 is 1.19 bits per heavy atom. The zero-order valence-electron chi connectivity index (χ0n) is 18.2. The average molecular weight is 473 g/mol. The number of nitro groups is 1. The fraction of sp³-hybridized carbons (Fsp3) is 0.304. The molecule has 0 saturated carbocycles. The fourth-order valence-electron chi connectivity index (χ4n) is 3.30. The first-order valence-corrected chi connectivity index (χ1v) is 11.5. The number of thiazole rings is 1. The highest BCUT2D eigenvalue weighted by molar-refractivity contribution is 7.22. The molecule has 0 aliphatic rings. The summed E-state index contributed by atoms with van der Waals surface area (Å²) in [4.78, 5) is 32.2. The number of benzene rings is 2. The molecule has 168 valence electrons. The standard InChI is InChI=1S/C23H25ClN4O3S/c1-4-26(5-2)12-13-27(23-25-22-16(3)14-18(24)15-20(22)32-23)21(29)11-8-17-6-9-19(10-7-17)28(30)31/h6-11,14-15H,4-5,12-13H2,1-3H3/b11-8+. The molecule has 0 unspecified atom stereocenters. The quantitative estimate of drug-likeness (QED) is 0.231. The Labute approximate surface area is 196 Å². The number of likely N-dealkylation sites (N-methyl/N-ethyl adjacent to an activating group) is 1. The van der Waals surface area contributed by atoms with E-state index in [2.05, 4.69) is 18.7 Å². The zero-order valence-corrected chi connectivity index (χ0v) is 19.8. The Kier molecular flexibility index (Phi) is 7.95. The number of anilines is 1. The predicted molar refractivity (Wildman–Crippen MR) is 132 cm³/mol. The summed E-state index contributed by atoms with van der Waals surface area (Å²) in [5.41, 5.74) is 2.53. The number of amides is 1. The van der Waals surface area contributed by atoms with E-state index in [0.29, 0.717) is 22.3 Å². The molecular formula is C23H25ClN4O3S. The van der Waals surface area contributed by atoms with Crippen LogP contribution in [0.4, 0.5) is 10.8 Å². The zero-order chi connectivity index (χ0) is 23.3. The van der Waals surface area contributed by atoms with E-state index in [1.54, 1.807) is 23.1 Å². The van der Waals surface area contributed by atoms with Crippen LogP contribution in [-0.2, 0) is 4.79 Å². The van der Waals surface area contributed by atoms with Crippen LogP contribution in [0.3, 0.4) is 0 Å². The lowest BCUT2D eigenvalue weighted by Crippen LogP contribution is -2.38. The first-order valence-electron chi connectivity index (χ1n) is 10.4. The van der Waals surface area contributed by atoms with Gasteiger partial charge in [0.15, 0.2) is 5.13 Å². The lowest BCUT2D eigenvalue weighted by Gasteiger charge is -2.23. The highest BCUT2D eigenvalue weighted by Crippen LogP contribution is 2.33. The van der Waals surface area contributed by atoms with Gasteiger partial charge in [-0.2, -0.15) is 0 Å². The molecule has 0 aliphatic heterocycles. The van der Waals surface area contributed by atoms with Crippen LogP contribution >= 0.6 is 22.9 Å². The van der Waals surface area contributed by atoms with Crippen LogP contribution in [0, 0.1) is 17.0 Å². The minimum absolute atomic E-state index is 0.0119. The van der Waals surface area contributed by atoms with E-state index in [1.165, 1.54) is 29.5 Å². The molecule has 0 fully saturated rings. The molecule has 3 rings (SSSR count). The second-order valence-electron chi connectivity index (χ2n) is 7.26. The van der Waals surface area contributed by atoms with E-state index < -0.39 is 4.92 Å². The summed E-state index contributed by atoms with van der Waals surface area (Å²) in [5, 5.41) is 12.1. The topological polar surface area (TPSA) is 79.6 Å². The summed E-state index contributed by atoms with van der Waals surface area (Å²) >= 11 is 7.64. The highest BCUT2D eigenvalue weighted by Gasteiger charge is 2.19. The molecule has 32 heavy (non-hydrogen) atoms. The number of aromatic nitrogens is 1. The van der Waals surface area contributed by atoms with Gasteiger partial charge in [0, 0.05) is 36.3 Å². The van der Waals surface area contributed by atoms with Gasteiger partial charge in [0.25, 0.3) is 11.6 Å². The van der Waals surface area contributed by atoms with Crippen molar-refractivity contribution in [2.24, 2.45) is 0 Å². The van der Waals surface area contributed by atoms with E-state index in [-0.39, 0.29) is 11.6 Å². The Balaban J connectivity index is 1.88. The predicted octanol–water partition coefficient (Wildman–Crippen LogP) is 5.55. The third-order valence-electron chi connectivity index (χ3n) is 5.19. The van der Waals surface area contributed by atoms with Crippen molar-refractivity contribution >= 4 is 56.0 Å². The van der Waals surface area contributed by atoms with Gasteiger partial charge in [-0.05, 0) is 61.5 Å². The maximum atomic E-state index is 13.2. The number of nitro benzene ring substituents is 1. The molecule has 0 atom stereocenters. The summed E-state index contributed by atoms with van der Waals surface area (Å²) in [6, 6.07) is 9.80. The smallest absolute Gasteiger partial charge is 0.269 e. The minimum Gasteiger partial charge on any atom is -0.302 e. The Bertz CT molecular complexity index is 1140. The number of aryl methyl sites for hydroxylation is 1. The molecule has 2 aromatic carbocycles. The molecule has 0 saturated heterocycles. The summed E-state index contributed by atoms with van der Waals surface area (Å²) < 4.78 is 0.935. The summed E-state index contributed by atoms with van der Waals surface area (Å²) in [6.45, 7) is 9.14. The number of carbonyl (C=O) groups is 1. The van der Waals surface area contributed by atoms with Crippen LogP contribution < -0.4 is 4.90 Å². The number of fused-ring (bicyclic) bond motifs is 1. The van der Waals surface area contributed by atoms with Crippen LogP contribution in [0.2, 0.25) is 5.02 Å². The maximum absolute atomic E-state index is 13.2. The number of non-ortho nitro benzene ring substituents is 1. The number of hydrogen-bond acceptors (Lipinski definition) is 6. The van der Waals surface area contributed by atoms with Crippen LogP contribution in [0.25, 0.3) is 16.3 Å². The van der Waals surface area contributed by atoms with E-state index in [9.17, 15) is 14.9 Å². The largest absolute Gasteiger partial charge is 0.302 e. The van der Waals surface area contributed by atoms with Crippen LogP contribution in [0.5, 0.6) is 0 Å². The van der Waals surface area contributed by atoms with E-state index in [4.69, 9.17) is 16.6 Å². The number of halogens is 1. The van der Waals surface area contributed by atoms with Crippen LogP contribution in [0.15, 0.2) is 42.5 Å². The molecule has 0 N–H and O–H groups in total. The first-order chi connectivity index (χ1) is 15.3. The van der Waals surface area contributed by atoms with Gasteiger partial charge in [-0.15, -0.1) is 0 Å². The molecule has 1 aromatic heterocycles. The first kappa shape index (κ1) is 23.8. The van der Waals surface area contributed by atoms with Crippen molar-refractivity contribution in [2.75, 3.05) is 31.1 Å². The lowest BCUT2D eigenvalue weighted by atomic mass is 10.2. The van der Waals surface area contributed by atoms with E-state index in [0.717, 1.165) is 35.4 Å². The molecule has 7 nitrogen and oxygen atoms in total. The molecule has 0 spiro atoms. The van der Waals surface area contributed by atoms with Crippen molar-refractivity contribution in [3.8, 4) is 0 Å². The Morgan fingerprint density at radius 3 is 2.50 bits per heavy atom. The molecule has 0 aliphatic carbocycles. The number of rotatable bonds is 9. The molecule has 0 bridgehead atoms. The van der Waals surface area contributed by atoms with Gasteiger partial charge < -0.3 is 4.90 Å². The van der Waals surface area contributed by atoms with Crippen molar-refractivity contribution in [3.63, 3.8) is 0 Å². The number of hydrogen-bond donors (Lipinski definition) is 0. The van der Waals surface area contributed by atoms with E-state index in [1.807, 2.05) is 19.1 Å². The third-order valence-corrected chi connectivity index (χ3v) is 6.44. The van der Waals surface area contributed by atoms with E-state index >= 15 is 0 Å². The normalized spacial score (nSPS) is 11.5. The van der Waals surface area contributed by atoms with Crippen molar-refractivity contribution in [1.82, 2.24) is 9.88 Å². The number of nitrogens with zero attached hydrogens (tertiary/aromatic N) is 4. The second-order valence-corrected chi connectivity index (χ2v) is 8.71. The lowest BCUT2D eigenvalue weighted by molar-refractivity contribution is -0.384. The van der Waals surface area contributed by atoms with Crippen molar-refractivity contribution in [2.45, 2.75) is 20.8 Å². The third kappa shape index (κ3) is 5.70. The Hall–Kier alpha value is -2.81. The number of carbonyl (C=O) groups excluding carboxylic acids is 1. The monoisotopic (exact) mass is 472 g/mol. The van der Waals surface area contributed by atoms with Gasteiger partial charge in [0.05, 0.1) is 15.1 Å². The van der Waals surface area contributed by atoms with Gasteiger partial charge in [-0.1, -0.05) is 36.8 Å². The average Bonchev–Trinajstić information content (AvgIpc) is 3.19. The second kappa shape index (κ2) is 10.7. The van der Waals surface area contributed by atoms with Crippen LogP contribution in [0.1, 0.15) is 25.0 Å². The highest BCUT2D eigenvalue weighted by atomic mass is 35.5. The van der Waals surface area contributed by atoms with Crippen molar-refractivity contribution in [3.05, 3.63) is 68.7 Å². The molecule has 1 amide bonds. The minimum atomic E-state index is -0.449. The van der Waals surface area contributed by atoms with Gasteiger partial charge >= 0.3 is 0 Å². The summed E-state index contributed by atoms with van der Waals surface area (Å²) in [6.07, 6.45) is 3.14. The van der Waals surface area contributed by atoms with Gasteiger partial charge in [-0.25, -0.2) is 4.98 Å². The molecule has 9 heteroatoms. The van der Waals surface area contributed by atoms with Crippen molar-refractivity contribution in [1.29, 1.82) is 0 Å². The molecule has 1 heterocycles. The Morgan fingerprint density at radius 2 is 1.88 bits per heavy atom. The van der Waals surface area contributed by atoms with Gasteiger partial charge in [-0.3, -0.25) is 19.8 Å². The fourth-order valence-corrected chi connectivity index (χ4v) is 4.76.